The van der Waals surface area contributed by atoms with Crippen molar-refractivity contribution in [3.05, 3.63) is 90.0 Å². The molecule has 34 heavy (non-hydrogen) atoms. The van der Waals surface area contributed by atoms with E-state index < -0.39 is 22.5 Å². The zero-order valence-corrected chi connectivity index (χ0v) is 20.0. The van der Waals surface area contributed by atoms with Crippen molar-refractivity contribution in [2.24, 2.45) is 5.10 Å². The molecule has 0 atom stereocenters. The summed E-state index contributed by atoms with van der Waals surface area (Å²) in [6.07, 6.45) is 0. The number of sulfonamides is 1. The quantitative estimate of drug-likeness (QED) is 0.380. The highest BCUT2D eigenvalue weighted by molar-refractivity contribution is 7.92. The van der Waals surface area contributed by atoms with E-state index in [1.165, 1.54) is 19.1 Å². The Morgan fingerprint density at radius 2 is 1.59 bits per heavy atom. The van der Waals surface area contributed by atoms with Crippen LogP contribution >= 0.6 is 0 Å². The molecule has 0 fully saturated rings. The molecule has 3 rings (SSSR count). The van der Waals surface area contributed by atoms with Crippen LogP contribution in [-0.2, 0) is 19.6 Å². The van der Waals surface area contributed by atoms with Gasteiger partial charge >= 0.3 is 0 Å². The average Bonchev–Trinajstić information content (AvgIpc) is 2.82. The second-order valence-corrected chi connectivity index (χ2v) is 9.47. The molecule has 0 saturated heterocycles. The summed E-state index contributed by atoms with van der Waals surface area (Å²) in [4.78, 5) is 24.2. The number of amides is 2. The molecule has 8 nitrogen and oxygen atoms in total. The fourth-order valence-corrected chi connectivity index (χ4v) is 4.77. The molecule has 0 aromatic heterocycles. The van der Waals surface area contributed by atoms with Gasteiger partial charge < -0.3 is 5.32 Å². The van der Waals surface area contributed by atoms with Gasteiger partial charge in [-0.3, -0.25) is 13.9 Å². The van der Waals surface area contributed by atoms with Gasteiger partial charge in [-0.15, -0.1) is 0 Å². The summed E-state index contributed by atoms with van der Waals surface area (Å²) in [5.74, 6) is -0.795. The van der Waals surface area contributed by atoms with Crippen molar-refractivity contribution in [2.75, 3.05) is 16.2 Å². The molecule has 3 aromatic carbocycles. The topological polar surface area (TPSA) is 108 Å². The molecule has 3 aromatic rings. The van der Waals surface area contributed by atoms with Crippen molar-refractivity contribution in [3.63, 3.8) is 0 Å². The number of rotatable bonds is 8. The third-order valence-electron chi connectivity index (χ3n) is 4.95. The van der Waals surface area contributed by atoms with Gasteiger partial charge in [0.05, 0.1) is 16.3 Å². The Hall–Kier alpha value is -3.98. The number of anilines is 2. The standard InChI is InChI=1S/C25H26N4O4S/c1-18-10-7-8-15-24(18)29(34(32,33)23-13-5-4-6-14-23)17-25(31)28-27-19(2)21-11-9-12-22(16-21)26-20(3)30/h4-16H,17H2,1-3H3,(H,26,30)(H,28,31)/b27-19-. The van der Waals surface area contributed by atoms with Crippen LogP contribution in [-0.4, -0.2) is 32.5 Å². The molecular weight excluding hydrogens is 452 g/mol. The lowest BCUT2D eigenvalue weighted by atomic mass is 10.1. The smallest absolute Gasteiger partial charge is 0.264 e. The molecule has 0 saturated carbocycles. The number of nitrogens with zero attached hydrogens (tertiary/aromatic N) is 2. The average molecular weight is 479 g/mol. The Kier molecular flexibility index (Phi) is 7.80. The molecule has 0 spiro atoms. The second-order valence-electron chi connectivity index (χ2n) is 7.61. The minimum absolute atomic E-state index is 0.0838. The Morgan fingerprint density at radius 1 is 0.912 bits per heavy atom. The number of hydrogen-bond acceptors (Lipinski definition) is 5. The van der Waals surface area contributed by atoms with Gasteiger partial charge in [0.15, 0.2) is 0 Å². The highest BCUT2D eigenvalue weighted by atomic mass is 32.2. The van der Waals surface area contributed by atoms with E-state index >= 15 is 0 Å². The van der Waals surface area contributed by atoms with Gasteiger partial charge in [-0.25, -0.2) is 13.8 Å². The van der Waals surface area contributed by atoms with Crippen LogP contribution in [0.15, 0.2) is 88.9 Å². The molecule has 2 N–H and O–H groups in total. The number of para-hydroxylation sites is 1. The summed E-state index contributed by atoms with van der Waals surface area (Å²) in [7, 11) is -4.00. The zero-order chi connectivity index (χ0) is 24.7. The van der Waals surface area contributed by atoms with Crippen LogP contribution in [0.25, 0.3) is 0 Å². The monoisotopic (exact) mass is 478 g/mol. The molecule has 0 heterocycles. The maximum Gasteiger partial charge on any atom is 0.264 e. The van der Waals surface area contributed by atoms with Gasteiger partial charge in [0.1, 0.15) is 6.54 Å². The molecule has 0 radical (unpaired) electrons. The molecule has 0 bridgehead atoms. The Bertz CT molecular complexity index is 1320. The molecule has 2 amide bonds. The normalized spacial score (nSPS) is 11.6. The summed E-state index contributed by atoms with van der Waals surface area (Å²) >= 11 is 0. The van der Waals surface area contributed by atoms with Crippen molar-refractivity contribution >= 4 is 38.9 Å². The Labute approximate surface area is 199 Å². The largest absolute Gasteiger partial charge is 0.326 e. The maximum atomic E-state index is 13.4. The Balaban J connectivity index is 1.84. The van der Waals surface area contributed by atoms with Crippen molar-refractivity contribution in [3.8, 4) is 0 Å². The molecule has 0 unspecified atom stereocenters. The molecule has 0 aliphatic heterocycles. The third kappa shape index (κ3) is 6.08. The first-order valence-electron chi connectivity index (χ1n) is 10.5. The number of hydrazone groups is 1. The fourth-order valence-electron chi connectivity index (χ4n) is 3.26. The highest BCUT2D eigenvalue weighted by Gasteiger charge is 2.28. The maximum absolute atomic E-state index is 13.4. The first kappa shape index (κ1) is 24.7. The predicted octanol–water partition coefficient (Wildman–Crippen LogP) is 3.69. The van der Waals surface area contributed by atoms with Crippen LogP contribution < -0.4 is 15.0 Å². The SMILES string of the molecule is CC(=O)Nc1cccc(/C(C)=N\NC(=O)CN(c2ccccc2C)S(=O)(=O)c2ccccc2)c1. The number of carbonyl (C=O) groups is 2. The first-order valence-corrected chi connectivity index (χ1v) is 12.0. The highest BCUT2D eigenvalue weighted by Crippen LogP contribution is 2.26. The lowest BCUT2D eigenvalue weighted by Gasteiger charge is -2.25. The molecular formula is C25H26N4O4S. The van der Waals surface area contributed by atoms with Crippen LogP contribution in [0.3, 0.4) is 0 Å². The lowest BCUT2D eigenvalue weighted by molar-refractivity contribution is -0.119. The molecule has 176 valence electrons. The summed E-state index contributed by atoms with van der Waals surface area (Å²) in [5, 5.41) is 6.81. The second kappa shape index (κ2) is 10.8. The van der Waals surface area contributed by atoms with E-state index in [-0.39, 0.29) is 10.8 Å². The van der Waals surface area contributed by atoms with Crippen molar-refractivity contribution in [2.45, 2.75) is 25.7 Å². The molecule has 9 heteroatoms. The number of aryl methyl sites for hydroxylation is 1. The van der Waals surface area contributed by atoms with Crippen molar-refractivity contribution in [1.29, 1.82) is 0 Å². The van der Waals surface area contributed by atoms with Gasteiger partial charge in [0.2, 0.25) is 5.91 Å². The summed E-state index contributed by atoms with van der Waals surface area (Å²) < 4.78 is 27.8. The summed E-state index contributed by atoms with van der Waals surface area (Å²) in [6.45, 7) is 4.44. The molecule has 0 aliphatic rings. The van der Waals surface area contributed by atoms with Gasteiger partial charge in [-0.05, 0) is 55.3 Å². The number of carbonyl (C=O) groups excluding carboxylic acids is 2. The van der Waals surface area contributed by atoms with Crippen LogP contribution in [0, 0.1) is 6.92 Å². The van der Waals surface area contributed by atoms with Gasteiger partial charge in [-0.2, -0.15) is 5.10 Å². The fraction of sp³-hybridized carbons (Fsp3) is 0.160. The lowest BCUT2D eigenvalue weighted by Crippen LogP contribution is -2.40. The zero-order valence-electron chi connectivity index (χ0n) is 19.1. The minimum Gasteiger partial charge on any atom is -0.326 e. The number of nitrogens with one attached hydrogen (secondary N) is 2. The van der Waals surface area contributed by atoms with Crippen molar-refractivity contribution < 1.29 is 18.0 Å². The first-order chi connectivity index (χ1) is 16.2. The van der Waals surface area contributed by atoms with E-state index in [4.69, 9.17) is 0 Å². The van der Waals surface area contributed by atoms with Crippen LogP contribution in [0.5, 0.6) is 0 Å². The van der Waals surface area contributed by atoms with Crippen LogP contribution in [0.4, 0.5) is 11.4 Å². The summed E-state index contributed by atoms with van der Waals surface area (Å²) in [5.41, 5.74) is 5.35. The van der Waals surface area contributed by atoms with Gasteiger partial charge in [0.25, 0.3) is 15.9 Å². The third-order valence-corrected chi connectivity index (χ3v) is 6.73. The van der Waals surface area contributed by atoms with E-state index in [0.29, 0.717) is 28.2 Å². The van der Waals surface area contributed by atoms with Crippen LogP contribution in [0.1, 0.15) is 25.0 Å². The van der Waals surface area contributed by atoms with Crippen LogP contribution in [0.2, 0.25) is 0 Å². The minimum atomic E-state index is -4.00. The van der Waals surface area contributed by atoms with E-state index in [1.54, 1.807) is 80.6 Å². The van der Waals surface area contributed by atoms with E-state index in [9.17, 15) is 18.0 Å². The van der Waals surface area contributed by atoms with Gasteiger partial charge in [0, 0.05) is 12.6 Å². The number of hydrogen-bond donors (Lipinski definition) is 2. The Morgan fingerprint density at radius 3 is 2.26 bits per heavy atom. The predicted molar refractivity (Wildman–Crippen MR) is 133 cm³/mol. The van der Waals surface area contributed by atoms with Crippen molar-refractivity contribution in [1.82, 2.24) is 5.43 Å². The molecule has 0 aliphatic carbocycles. The van der Waals surface area contributed by atoms with Gasteiger partial charge in [-0.1, -0.05) is 48.5 Å². The van der Waals surface area contributed by atoms with E-state index in [0.717, 1.165) is 4.31 Å². The number of benzene rings is 3. The van der Waals surface area contributed by atoms with E-state index in [2.05, 4.69) is 15.8 Å². The van der Waals surface area contributed by atoms with E-state index in [1.807, 2.05) is 0 Å². The summed E-state index contributed by atoms with van der Waals surface area (Å²) in [6, 6.07) is 21.9.